The predicted octanol–water partition coefficient (Wildman–Crippen LogP) is -8.20. The van der Waals surface area contributed by atoms with Gasteiger partial charge < -0.3 is 65.8 Å². The zero-order valence-corrected chi connectivity index (χ0v) is 15.6. The number of hydrogen-bond acceptors (Lipinski definition) is 13. The predicted molar refractivity (Wildman–Crippen MR) is 76.5 cm³/mol. The van der Waals surface area contributed by atoms with Crippen molar-refractivity contribution in [1.82, 2.24) is 0 Å². The van der Waals surface area contributed by atoms with Crippen molar-refractivity contribution < 1.29 is 92.4 Å². The average Bonchev–Trinajstić information content (AvgIpc) is 2.62. The first-order valence-electron chi connectivity index (χ1n) is 7.21. The molecule has 0 heterocycles. The Labute approximate surface area is 172 Å². The minimum Gasteiger partial charge on any atom is -0.550 e. The molecule has 29 heavy (non-hydrogen) atoms. The molecular formula is C13H20FeO15+. The first-order chi connectivity index (χ1) is 12.6. The molecule has 0 saturated heterocycles. The molecule has 0 rings (SSSR count). The van der Waals surface area contributed by atoms with Crippen LogP contribution in [-0.4, -0.2) is 113 Å². The molecule has 0 aromatic heterocycles. The van der Waals surface area contributed by atoms with E-state index < -0.39 is 72.5 Å². The molecule has 8 atom stereocenters. The van der Waals surface area contributed by atoms with Crippen LogP contribution in [0.25, 0.3) is 0 Å². The van der Waals surface area contributed by atoms with Crippen LogP contribution in [0, 0.1) is 5.92 Å². The van der Waals surface area contributed by atoms with Gasteiger partial charge in [0.25, 0.3) is 0 Å². The Hall–Kier alpha value is -1.88. The summed E-state index contributed by atoms with van der Waals surface area (Å²) in [5, 5.41) is 98.4. The van der Waals surface area contributed by atoms with Gasteiger partial charge in [-0.3, -0.25) is 0 Å². The Morgan fingerprint density at radius 1 is 0.586 bits per heavy atom. The van der Waals surface area contributed by atoms with E-state index in [2.05, 4.69) is 0 Å². The molecule has 169 valence electrons. The number of carbonyl (C=O) groups excluding carboxylic acids is 2. The monoisotopic (exact) mass is 472 g/mol. The maximum Gasteiger partial charge on any atom is 3.00 e. The van der Waals surface area contributed by atoms with E-state index >= 15 is 0 Å². The fourth-order valence-electron chi connectivity index (χ4n) is 1.43. The van der Waals surface area contributed by atoms with Crippen LogP contribution in [0.2, 0.25) is 0 Å². The first kappa shape index (κ1) is 31.8. The van der Waals surface area contributed by atoms with Gasteiger partial charge in [-0.25, -0.2) is 9.59 Å². The van der Waals surface area contributed by atoms with Gasteiger partial charge >= 0.3 is 29.0 Å². The van der Waals surface area contributed by atoms with Crippen molar-refractivity contribution >= 4 is 23.9 Å². The molecule has 1 radical (unpaired) electrons. The average molecular weight is 472 g/mol. The second kappa shape index (κ2) is 14.2. The fraction of sp³-hybridized carbons (Fsp3) is 0.692. The molecule has 0 aliphatic rings. The number of carboxylic acids is 4. The number of hydrogen-bond donors (Lipinski definition) is 9. The number of rotatable bonds is 10. The number of aliphatic carboxylic acids is 4. The summed E-state index contributed by atoms with van der Waals surface area (Å²) in [7, 11) is 0. The minimum atomic E-state index is -2.47. The molecule has 0 amide bonds. The van der Waals surface area contributed by atoms with Crippen LogP contribution < -0.4 is 10.2 Å². The fourth-order valence-corrected chi connectivity index (χ4v) is 1.43. The molecule has 16 heteroatoms. The number of carbonyl (C=O) groups is 4. The van der Waals surface area contributed by atoms with E-state index in [1.54, 1.807) is 0 Å². The van der Waals surface area contributed by atoms with Gasteiger partial charge in [0.2, 0.25) is 0 Å². The van der Waals surface area contributed by atoms with Crippen LogP contribution in [0.1, 0.15) is 6.92 Å². The molecule has 0 aliphatic heterocycles. The van der Waals surface area contributed by atoms with Crippen molar-refractivity contribution in [2.45, 2.75) is 49.7 Å². The number of carboxylic acid groups (broad SMARTS) is 4. The van der Waals surface area contributed by atoms with Gasteiger partial charge in [-0.1, -0.05) is 6.92 Å². The second-order valence-electron chi connectivity index (χ2n) is 5.40. The largest absolute Gasteiger partial charge is 3.00 e. The third kappa shape index (κ3) is 10.5. The molecule has 0 bridgehead atoms. The van der Waals surface area contributed by atoms with Gasteiger partial charge in [0, 0.05) is 11.9 Å². The maximum atomic E-state index is 10.2. The van der Waals surface area contributed by atoms with Crippen LogP contribution in [0.5, 0.6) is 0 Å². The third-order valence-electron chi connectivity index (χ3n) is 3.30. The van der Waals surface area contributed by atoms with Gasteiger partial charge in [0.15, 0.2) is 12.2 Å². The topological polar surface area (TPSA) is 296 Å². The Balaban J connectivity index is -0.000000451. The summed E-state index contributed by atoms with van der Waals surface area (Å²) in [6.07, 6.45) is -15.7. The first-order valence-corrected chi connectivity index (χ1v) is 7.21. The summed E-state index contributed by atoms with van der Waals surface area (Å²) in [6.45, 7) is 1.03. The van der Waals surface area contributed by atoms with E-state index in [1.807, 2.05) is 0 Å². The summed E-state index contributed by atoms with van der Waals surface area (Å²) in [4.78, 5) is 40.4. The molecule has 0 aliphatic carbocycles. The van der Waals surface area contributed by atoms with Gasteiger partial charge in [0.1, 0.15) is 24.4 Å². The van der Waals surface area contributed by atoms with Crippen molar-refractivity contribution in [2.24, 2.45) is 5.92 Å². The van der Waals surface area contributed by atoms with Gasteiger partial charge in [-0.2, -0.15) is 0 Å². The summed E-state index contributed by atoms with van der Waals surface area (Å²) >= 11 is 0. The summed E-state index contributed by atoms with van der Waals surface area (Å²) in [6, 6.07) is 0. The molecule has 8 unspecified atom stereocenters. The standard InChI is InChI=1S/C7H12O7.C6H10O8.Fe/c1-2(6(11)12)3(8)4(9)5(10)7(13)14;7-1(3(9)5(11)12)2(8)4(10)6(13)14;/h2-5,8-10H,1H3,(H,11,12)(H,13,14);1-4,7-10H,(H,11,12)(H,13,14);/q;;+3/p-2. The van der Waals surface area contributed by atoms with Crippen molar-refractivity contribution in [3.05, 3.63) is 0 Å². The zero-order chi connectivity index (χ0) is 22.9. The molecule has 0 aromatic rings. The van der Waals surface area contributed by atoms with Crippen molar-refractivity contribution in [3.63, 3.8) is 0 Å². The quantitative estimate of drug-likeness (QED) is 0.133. The van der Waals surface area contributed by atoms with E-state index in [4.69, 9.17) is 46.0 Å². The van der Waals surface area contributed by atoms with Crippen molar-refractivity contribution in [1.29, 1.82) is 0 Å². The molecule has 15 nitrogen and oxygen atoms in total. The third-order valence-corrected chi connectivity index (χ3v) is 3.30. The minimum absolute atomic E-state index is 0. The van der Waals surface area contributed by atoms with Crippen LogP contribution in [0.15, 0.2) is 0 Å². The van der Waals surface area contributed by atoms with Crippen molar-refractivity contribution in [2.75, 3.05) is 0 Å². The number of aliphatic hydroxyl groups excluding tert-OH is 7. The van der Waals surface area contributed by atoms with Crippen LogP contribution in [-0.2, 0) is 36.2 Å². The Morgan fingerprint density at radius 2 is 0.862 bits per heavy atom. The Morgan fingerprint density at radius 3 is 1.10 bits per heavy atom. The summed E-state index contributed by atoms with van der Waals surface area (Å²) in [5.41, 5.74) is 0. The van der Waals surface area contributed by atoms with Gasteiger partial charge in [-0.05, 0) is 0 Å². The van der Waals surface area contributed by atoms with E-state index in [0.717, 1.165) is 6.92 Å². The van der Waals surface area contributed by atoms with E-state index in [0.29, 0.717) is 0 Å². The van der Waals surface area contributed by atoms with Crippen LogP contribution >= 0.6 is 0 Å². The second-order valence-corrected chi connectivity index (χ2v) is 5.40. The molecule has 0 fully saturated rings. The summed E-state index contributed by atoms with van der Waals surface area (Å²) in [5.74, 6) is -8.81. The zero-order valence-electron chi connectivity index (χ0n) is 14.4. The molecule has 9 N–H and O–H groups in total. The van der Waals surface area contributed by atoms with Crippen LogP contribution in [0.3, 0.4) is 0 Å². The molecular weight excluding hydrogens is 452 g/mol. The molecule has 0 spiro atoms. The number of aliphatic hydroxyl groups is 7. The van der Waals surface area contributed by atoms with E-state index in [9.17, 15) is 29.4 Å². The van der Waals surface area contributed by atoms with Gasteiger partial charge in [0.05, 0.1) is 12.1 Å². The van der Waals surface area contributed by atoms with Crippen LogP contribution in [0.4, 0.5) is 0 Å². The SMILES string of the molecule is CC(C(=O)[O-])C(O)C(O)C(O)C(=O)O.O=C([O-])C(O)C(O)C(O)C(O)C(=O)O.[Fe+3]. The Bertz CT molecular complexity index is 458. The molecule has 0 saturated carbocycles. The Kier molecular flexibility index (Phi) is 15.5. The molecule has 0 aromatic carbocycles. The summed E-state index contributed by atoms with van der Waals surface area (Å²) < 4.78 is 0. The maximum absolute atomic E-state index is 10.2. The smallest absolute Gasteiger partial charge is 0.550 e. The van der Waals surface area contributed by atoms with E-state index in [1.165, 1.54) is 0 Å². The normalized spacial score (nSPS) is 18.8. The van der Waals surface area contributed by atoms with Crippen molar-refractivity contribution in [3.8, 4) is 0 Å². The van der Waals surface area contributed by atoms with E-state index in [-0.39, 0.29) is 17.1 Å². The van der Waals surface area contributed by atoms with Gasteiger partial charge in [-0.15, -0.1) is 0 Å².